The third kappa shape index (κ3) is 3.02. The molecule has 23 heavy (non-hydrogen) atoms. The molecule has 5 heteroatoms. The van der Waals surface area contributed by atoms with Crippen molar-refractivity contribution in [3.05, 3.63) is 59.6 Å². The van der Waals surface area contributed by atoms with Crippen molar-refractivity contribution in [2.75, 3.05) is 11.8 Å². The Labute approximate surface area is 134 Å². The maximum Gasteiger partial charge on any atom is 0.143 e. The first-order valence-corrected chi connectivity index (χ1v) is 7.66. The van der Waals surface area contributed by atoms with Gasteiger partial charge in [-0.3, -0.25) is 5.21 Å². The normalized spacial score (nSPS) is 11.0. The zero-order valence-corrected chi connectivity index (χ0v) is 13.2. The summed E-state index contributed by atoms with van der Waals surface area (Å²) >= 11 is 0. The molecule has 0 bridgehead atoms. The van der Waals surface area contributed by atoms with E-state index in [1.54, 1.807) is 12.1 Å². The van der Waals surface area contributed by atoms with Gasteiger partial charge in [0, 0.05) is 23.5 Å². The van der Waals surface area contributed by atoms with Crippen LogP contribution in [-0.4, -0.2) is 16.2 Å². The molecule has 120 valence electrons. The van der Waals surface area contributed by atoms with Gasteiger partial charge < -0.3 is 19.6 Å². The molecular formula is C18H19N2O3-. The number of hydrogen-bond donors (Lipinski definition) is 1. The number of ether oxygens (including phenoxy) is 1. The Bertz CT molecular complexity index is 824. The summed E-state index contributed by atoms with van der Waals surface area (Å²) in [5, 5.41) is 20.5. The Morgan fingerprint density at radius 3 is 2.61 bits per heavy atom. The molecule has 0 amide bonds. The third-order valence-electron chi connectivity index (χ3n) is 3.86. The number of nitrogens with zero attached hydrogens (tertiary/aromatic N) is 2. The molecule has 3 aromatic rings. The average Bonchev–Trinajstić information content (AvgIpc) is 2.98. The predicted molar refractivity (Wildman–Crippen MR) is 91.0 cm³/mol. The second-order valence-electron chi connectivity index (χ2n) is 5.34. The van der Waals surface area contributed by atoms with Crippen molar-refractivity contribution in [1.29, 1.82) is 0 Å². The number of aryl methyl sites for hydroxylation is 1. The molecule has 0 saturated heterocycles. The fourth-order valence-corrected chi connectivity index (χ4v) is 2.65. The summed E-state index contributed by atoms with van der Waals surface area (Å²) in [6.07, 6.45) is 5.09. The van der Waals surface area contributed by atoms with Gasteiger partial charge in [0.1, 0.15) is 5.75 Å². The van der Waals surface area contributed by atoms with Crippen LogP contribution in [0.15, 0.2) is 48.8 Å². The molecule has 2 heterocycles. The van der Waals surface area contributed by atoms with Crippen molar-refractivity contribution in [2.24, 2.45) is 0 Å². The Morgan fingerprint density at radius 1 is 1.09 bits per heavy atom. The molecule has 1 N–H and O–H groups in total. The first-order chi connectivity index (χ1) is 11.1. The van der Waals surface area contributed by atoms with Gasteiger partial charge >= 0.3 is 0 Å². The summed E-state index contributed by atoms with van der Waals surface area (Å²) in [7, 11) is 0. The smallest absolute Gasteiger partial charge is 0.143 e. The van der Waals surface area contributed by atoms with E-state index >= 15 is 0 Å². The molecule has 0 aliphatic rings. The van der Waals surface area contributed by atoms with Crippen LogP contribution in [0, 0.1) is 5.21 Å². The van der Waals surface area contributed by atoms with Crippen LogP contribution in [0.1, 0.15) is 19.4 Å². The molecule has 0 aliphatic carbocycles. The SMILES string of the molecule is CCOc1ccc(-c2cc3ccc(CC)cn3c2)cc1N([O-])O. The van der Waals surface area contributed by atoms with E-state index in [9.17, 15) is 10.4 Å². The summed E-state index contributed by atoms with van der Waals surface area (Å²) in [6.45, 7) is 4.38. The van der Waals surface area contributed by atoms with Crippen LogP contribution in [0.25, 0.3) is 16.6 Å². The molecular weight excluding hydrogens is 292 g/mol. The molecule has 0 fully saturated rings. The maximum atomic E-state index is 11.4. The third-order valence-corrected chi connectivity index (χ3v) is 3.86. The maximum absolute atomic E-state index is 11.4. The van der Waals surface area contributed by atoms with Crippen LogP contribution in [0.3, 0.4) is 0 Å². The van der Waals surface area contributed by atoms with Crippen LogP contribution in [0.2, 0.25) is 0 Å². The minimum atomic E-state index is -0.153. The van der Waals surface area contributed by atoms with Crippen molar-refractivity contribution in [2.45, 2.75) is 20.3 Å². The van der Waals surface area contributed by atoms with E-state index in [1.807, 2.05) is 25.3 Å². The highest BCUT2D eigenvalue weighted by molar-refractivity contribution is 5.75. The van der Waals surface area contributed by atoms with E-state index in [2.05, 4.69) is 29.7 Å². The number of pyridine rings is 1. The predicted octanol–water partition coefficient (Wildman–Crippen LogP) is 4.26. The highest BCUT2D eigenvalue weighted by Gasteiger charge is 2.09. The molecule has 0 saturated carbocycles. The molecule has 0 atom stereocenters. The topological polar surface area (TPSA) is 60.2 Å². The van der Waals surface area contributed by atoms with Gasteiger partial charge in [-0.1, -0.05) is 19.1 Å². The number of aromatic nitrogens is 1. The molecule has 2 aromatic heterocycles. The molecule has 0 aliphatic heterocycles. The highest BCUT2D eigenvalue weighted by atomic mass is 16.8. The lowest BCUT2D eigenvalue weighted by Gasteiger charge is -2.24. The first-order valence-electron chi connectivity index (χ1n) is 7.66. The van der Waals surface area contributed by atoms with E-state index in [0.717, 1.165) is 23.1 Å². The van der Waals surface area contributed by atoms with E-state index in [-0.39, 0.29) is 10.9 Å². The van der Waals surface area contributed by atoms with E-state index in [0.29, 0.717) is 12.4 Å². The molecule has 3 rings (SSSR count). The lowest BCUT2D eigenvalue weighted by atomic mass is 10.1. The van der Waals surface area contributed by atoms with Crippen molar-refractivity contribution in [3.63, 3.8) is 0 Å². The van der Waals surface area contributed by atoms with E-state index < -0.39 is 0 Å². The van der Waals surface area contributed by atoms with Gasteiger partial charge in [-0.2, -0.15) is 0 Å². The van der Waals surface area contributed by atoms with Gasteiger partial charge in [-0.15, -0.1) is 0 Å². The van der Waals surface area contributed by atoms with Crippen LogP contribution >= 0.6 is 0 Å². The van der Waals surface area contributed by atoms with Gasteiger partial charge in [0.15, 0.2) is 0 Å². The zero-order chi connectivity index (χ0) is 16.4. The van der Waals surface area contributed by atoms with Crippen LogP contribution < -0.4 is 9.96 Å². The minimum absolute atomic E-state index is 0.105. The van der Waals surface area contributed by atoms with Crippen LogP contribution in [0.4, 0.5) is 5.69 Å². The Kier molecular flexibility index (Phi) is 4.23. The standard InChI is InChI=1S/C18H19N2O3/c1-3-13-5-7-16-9-15(12-19(16)11-13)14-6-8-18(23-4-2)17(10-14)20(21)22/h5-12,21H,3-4H2,1-2H3/q-1. The average molecular weight is 311 g/mol. The van der Waals surface area contributed by atoms with Crippen molar-refractivity contribution < 1.29 is 9.94 Å². The number of hydrogen-bond acceptors (Lipinski definition) is 4. The van der Waals surface area contributed by atoms with Crippen molar-refractivity contribution in [3.8, 4) is 16.9 Å². The summed E-state index contributed by atoms with van der Waals surface area (Å²) < 4.78 is 7.44. The Balaban J connectivity index is 2.05. The Hall–Kier alpha value is -2.50. The van der Waals surface area contributed by atoms with Crippen LogP contribution in [0.5, 0.6) is 5.75 Å². The molecule has 0 radical (unpaired) electrons. The lowest BCUT2D eigenvalue weighted by molar-refractivity contribution is 0.284. The zero-order valence-electron chi connectivity index (χ0n) is 13.2. The highest BCUT2D eigenvalue weighted by Crippen LogP contribution is 2.33. The van der Waals surface area contributed by atoms with Crippen molar-refractivity contribution >= 4 is 11.2 Å². The number of fused-ring (bicyclic) bond motifs is 1. The van der Waals surface area contributed by atoms with Gasteiger partial charge in [0.25, 0.3) is 0 Å². The van der Waals surface area contributed by atoms with Gasteiger partial charge in [-0.25, -0.2) is 0 Å². The van der Waals surface area contributed by atoms with Crippen molar-refractivity contribution in [1.82, 2.24) is 4.40 Å². The first kappa shape index (κ1) is 15.4. The van der Waals surface area contributed by atoms with Gasteiger partial charge in [0.2, 0.25) is 0 Å². The fraction of sp³-hybridized carbons (Fsp3) is 0.222. The number of benzene rings is 1. The Morgan fingerprint density at radius 2 is 1.91 bits per heavy atom. The summed E-state index contributed by atoms with van der Waals surface area (Å²) in [5.74, 6) is 0.366. The molecule has 5 nitrogen and oxygen atoms in total. The minimum Gasteiger partial charge on any atom is -0.733 e. The monoisotopic (exact) mass is 311 g/mol. The second-order valence-corrected chi connectivity index (χ2v) is 5.34. The summed E-state index contributed by atoms with van der Waals surface area (Å²) in [6, 6.07) is 11.4. The fourth-order valence-electron chi connectivity index (χ4n) is 2.65. The summed E-state index contributed by atoms with van der Waals surface area (Å²) in [5.41, 5.74) is 4.27. The number of anilines is 1. The summed E-state index contributed by atoms with van der Waals surface area (Å²) in [4.78, 5) is 0. The molecule has 0 unspecified atom stereocenters. The van der Waals surface area contributed by atoms with E-state index in [4.69, 9.17) is 4.74 Å². The number of rotatable bonds is 5. The quantitative estimate of drug-likeness (QED) is 0.715. The van der Waals surface area contributed by atoms with Gasteiger partial charge in [-0.05, 0) is 48.7 Å². The molecule has 0 spiro atoms. The lowest BCUT2D eigenvalue weighted by Crippen LogP contribution is -2.09. The second kappa shape index (κ2) is 6.32. The molecule has 1 aromatic carbocycles. The largest absolute Gasteiger partial charge is 0.733 e. The van der Waals surface area contributed by atoms with Gasteiger partial charge in [0.05, 0.1) is 12.3 Å². The van der Waals surface area contributed by atoms with E-state index in [1.165, 1.54) is 5.56 Å². The van der Waals surface area contributed by atoms with Crippen LogP contribution in [-0.2, 0) is 6.42 Å².